The Morgan fingerprint density at radius 2 is 1.79 bits per heavy atom. The molecule has 1 aromatic heterocycles. The maximum absolute atomic E-state index is 14.3. The molecule has 0 bridgehead atoms. The molecule has 29 heavy (non-hydrogen) atoms. The van der Waals surface area contributed by atoms with Crippen molar-refractivity contribution in [3.8, 4) is 16.9 Å². The molecule has 1 heterocycles. The molecule has 0 aliphatic carbocycles. The normalized spacial score (nSPS) is 11.1. The Bertz CT molecular complexity index is 1270. The standard InChI is InChI=1S/C22H14ClF2NO3/c23-13-5-8-18-16(10-13)20(15-3-1-2-4-19(15)27)21(22(28)29)26(18)11-12-9-14(24)6-7-17(12)25/h1-10,27H,11H2,(H,28,29). The topological polar surface area (TPSA) is 62.5 Å². The van der Waals surface area contributed by atoms with Crippen molar-refractivity contribution in [2.45, 2.75) is 6.54 Å². The highest BCUT2D eigenvalue weighted by Gasteiger charge is 2.26. The van der Waals surface area contributed by atoms with Gasteiger partial charge >= 0.3 is 5.97 Å². The van der Waals surface area contributed by atoms with Crippen molar-refractivity contribution in [1.29, 1.82) is 0 Å². The van der Waals surface area contributed by atoms with Crippen molar-refractivity contribution in [3.05, 3.63) is 88.6 Å². The Balaban J connectivity index is 2.07. The highest BCUT2D eigenvalue weighted by Crippen LogP contribution is 2.40. The average Bonchev–Trinajstić information content (AvgIpc) is 2.98. The number of rotatable bonds is 4. The Morgan fingerprint density at radius 1 is 1.03 bits per heavy atom. The van der Waals surface area contributed by atoms with Gasteiger partial charge in [-0.1, -0.05) is 29.8 Å². The SMILES string of the molecule is O=C(O)c1c(-c2ccccc2O)c2cc(Cl)ccc2n1Cc1cc(F)ccc1F. The molecule has 146 valence electrons. The van der Waals surface area contributed by atoms with Gasteiger partial charge in [0.1, 0.15) is 23.1 Å². The van der Waals surface area contributed by atoms with Gasteiger partial charge in [0.2, 0.25) is 0 Å². The average molecular weight is 414 g/mol. The quantitative estimate of drug-likeness (QED) is 0.451. The lowest BCUT2D eigenvalue weighted by Gasteiger charge is -2.11. The first kappa shape index (κ1) is 19.0. The molecule has 7 heteroatoms. The van der Waals surface area contributed by atoms with Gasteiger partial charge < -0.3 is 14.8 Å². The fourth-order valence-electron chi connectivity index (χ4n) is 3.51. The van der Waals surface area contributed by atoms with E-state index >= 15 is 0 Å². The molecule has 0 amide bonds. The molecule has 0 fully saturated rings. The van der Waals surface area contributed by atoms with Crippen molar-refractivity contribution in [2.75, 3.05) is 0 Å². The van der Waals surface area contributed by atoms with Gasteiger partial charge in [0.15, 0.2) is 0 Å². The molecule has 4 nitrogen and oxygen atoms in total. The van der Waals surface area contributed by atoms with Crippen LogP contribution in [0.5, 0.6) is 5.75 Å². The number of aromatic nitrogens is 1. The van der Waals surface area contributed by atoms with E-state index in [1.165, 1.54) is 10.6 Å². The highest BCUT2D eigenvalue weighted by molar-refractivity contribution is 6.31. The number of halogens is 3. The van der Waals surface area contributed by atoms with E-state index in [9.17, 15) is 23.8 Å². The number of hydrogen-bond donors (Lipinski definition) is 2. The molecule has 0 saturated heterocycles. The molecule has 3 aromatic carbocycles. The van der Waals surface area contributed by atoms with Crippen LogP contribution in [0.25, 0.3) is 22.0 Å². The van der Waals surface area contributed by atoms with E-state index in [1.54, 1.807) is 36.4 Å². The number of para-hydroxylation sites is 1. The minimum absolute atomic E-state index is 0.00295. The largest absolute Gasteiger partial charge is 0.507 e. The van der Waals surface area contributed by atoms with Crippen LogP contribution >= 0.6 is 11.6 Å². The molecule has 4 rings (SSSR count). The maximum Gasteiger partial charge on any atom is 0.353 e. The minimum Gasteiger partial charge on any atom is -0.507 e. The molecule has 0 aliphatic heterocycles. The predicted molar refractivity (Wildman–Crippen MR) is 106 cm³/mol. The summed E-state index contributed by atoms with van der Waals surface area (Å²) in [6.07, 6.45) is 0. The lowest BCUT2D eigenvalue weighted by Crippen LogP contribution is -2.11. The number of nitrogens with zero attached hydrogens (tertiary/aromatic N) is 1. The van der Waals surface area contributed by atoms with Gasteiger partial charge in [-0.15, -0.1) is 0 Å². The first-order valence-electron chi connectivity index (χ1n) is 8.64. The summed E-state index contributed by atoms with van der Waals surface area (Å²) in [5.74, 6) is -2.65. The number of carbonyl (C=O) groups is 1. The molecule has 4 aromatic rings. The Hall–Kier alpha value is -3.38. The van der Waals surface area contributed by atoms with Crippen molar-refractivity contribution >= 4 is 28.5 Å². The van der Waals surface area contributed by atoms with Crippen LogP contribution < -0.4 is 0 Å². The second-order valence-electron chi connectivity index (χ2n) is 6.53. The van der Waals surface area contributed by atoms with Gasteiger partial charge in [0.05, 0.1) is 6.54 Å². The summed E-state index contributed by atoms with van der Waals surface area (Å²) in [6.45, 7) is -0.211. The number of benzene rings is 3. The number of carboxylic acid groups (broad SMARTS) is 1. The number of aromatic carboxylic acids is 1. The third kappa shape index (κ3) is 3.32. The first-order valence-corrected chi connectivity index (χ1v) is 9.02. The van der Waals surface area contributed by atoms with Crippen LogP contribution in [0, 0.1) is 11.6 Å². The van der Waals surface area contributed by atoms with Crippen molar-refractivity contribution in [1.82, 2.24) is 4.57 Å². The zero-order valence-corrected chi connectivity index (χ0v) is 15.6. The third-order valence-corrected chi connectivity index (χ3v) is 4.97. The second-order valence-corrected chi connectivity index (χ2v) is 6.97. The zero-order chi connectivity index (χ0) is 20.7. The van der Waals surface area contributed by atoms with Crippen LogP contribution in [0.1, 0.15) is 16.1 Å². The Kier molecular flexibility index (Phi) is 4.72. The Morgan fingerprint density at radius 3 is 2.52 bits per heavy atom. The van der Waals surface area contributed by atoms with Crippen LogP contribution in [-0.2, 0) is 6.54 Å². The van der Waals surface area contributed by atoms with Gasteiger partial charge in [-0.05, 0) is 42.5 Å². The van der Waals surface area contributed by atoms with E-state index in [4.69, 9.17) is 11.6 Å². The summed E-state index contributed by atoms with van der Waals surface area (Å²) < 4.78 is 29.3. The van der Waals surface area contributed by atoms with Crippen LogP contribution in [0.15, 0.2) is 60.7 Å². The van der Waals surface area contributed by atoms with Crippen molar-refractivity contribution in [2.24, 2.45) is 0 Å². The van der Waals surface area contributed by atoms with Gasteiger partial charge in [-0.3, -0.25) is 0 Å². The van der Waals surface area contributed by atoms with Crippen LogP contribution in [0.4, 0.5) is 8.78 Å². The third-order valence-electron chi connectivity index (χ3n) is 4.74. The smallest absolute Gasteiger partial charge is 0.353 e. The number of hydrogen-bond acceptors (Lipinski definition) is 2. The number of aromatic hydroxyl groups is 1. The maximum atomic E-state index is 14.3. The lowest BCUT2D eigenvalue weighted by atomic mass is 10.0. The lowest BCUT2D eigenvalue weighted by molar-refractivity contribution is 0.0687. The summed E-state index contributed by atoms with van der Waals surface area (Å²) in [5.41, 5.74) is 0.866. The van der Waals surface area contributed by atoms with E-state index in [1.807, 2.05) is 0 Å². The summed E-state index contributed by atoms with van der Waals surface area (Å²) in [5, 5.41) is 21.2. The monoisotopic (exact) mass is 413 g/mol. The zero-order valence-electron chi connectivity index (χ0n) is 14.9. The molecule has 2 N–H and O–H groups in total. The Labute approximate surface area is 169 Å². The molecule has 0 aliphatic rings. The predicted octanol–water partition coefficient (Wildman–Crippen LogP) is 5.69. The summed E-state index contributed by atoms with van der Waals surface area (Å²) in [7, 11) is 0. The fourth-order valence-corrected chi connectivity index (χ4v) is 3.68. The number of phenols is 1. The van der Waals surface area contributed by atoms with Gasteiger partial charge in [-0.2, -0.15) is 0 Å². The van der Waals surface area contributed by atoms with Gasteiger partial charge in [0, 0.05) is 32.6 Å². The van der Waals surface area contributed by atoms with E-state index in [0.717, 1.165) is 18.2 Å². The number of fused-ring (bicyclic) bond motifs is 1. The molecular weight excluding hydrogens is 400 g/mol. The molecule has 0 unspecified atom stereocenters. The number of carboxylic acids is 1. The minimum atomic E-state index is -1.27. The van der Waals surface area contributed by atoms with Crippen molar-refractivity contribution in [3.63, 3.8) is 0 Å². The van der Waals surface area contributed by atoms with Crippen LogP contribution in [0.3, 0.4) is 0 Å². The molecule has 0 atom stereocenters. The van der Waals surface area contributed by atoms with Crippen molar-refractivity contribution < 1.29 is 23.8 Å². The van der Waals surface area contributed by atoms with Gasteiger partial charge in [-0.25, -0.2) is 13.6 Å². The van der Waals surface area contributed by atoms with E-state index in [0.29, 0.717) is 21.5 Å². The van der Waals surface area contributed by atoms with Gasteiger partial charge in [0.25, 0.3) is 0 Å². The molecular formula is C22H14ClF2NO3. The second kappa shape index (κ2) is 7.22. The van der Waals surface area contributed by atoms with E-state index in [-0.39, 0.29) is 29.1 Å². The van der Waals surface area contributed by atoms with Crippen LogP contribution in [-0.4, -0.2) is 20.7 Å². The summed E-state index contributed by atoms with van der Waals surface area (Å²) in [4.78, 5) is 12.2. The first-order chi connectivity index (χ1) is 13.9. The highest BCUT2D eigenvalue weighted by atomic mass is 35.5. The fraction of sp³-hybridized carbons (Fsp3) is 0.0455. The molecule has 0 radical (unpaired) electrons. The molecule has 0 spiro atoms. The van der Waals surface area contributed by atoms with E-state index < -0.39 is 17.6 Å². The van der Waals surface area contributed by atoms with Crippen LogP contribution in [0.2, 0.25) is 5.02 Å². The molecule has 0 saturated carbocycles. The summed E-state index contributed by atoms with van der Waals surface area (Å²) >= 11 is 6.14. The summed E-state index contributed by atoms with van der Waals surface area (Å²) in [6, 6.07) is 14.1. The van der Waals surface area contributed by atoms with E-state index in [2.05, 4.69) is 0 Å². The number of phenolic OH excluding ortho intramolecular Hbond substituents is 1.